The summed E-state index contributed by atoms with van der Waals surface area (Å²) in [6, 6.07) is 5.90. The number of nitrogens with one attached hydrogen (secondary N) is 1. The van der Waals surface area contributed by atoms with Crippen LogP contribution in [-0.2, 0) is 29.5 Å². The van der Waals surface area contributed by atoms with E-state index in [0.717, 1.165) is 49.5 Å². The van der Waals surface area contributed by atoms with E-state index in [1.165, 1.54) is 27.4 Å². The molecule has 232 valence electrons. The highest BCUT2D eigenvalue weighted by Gasteiger charge is 2.38. The molecule has 1 saturated heterocycles. The van der Waals surface area contributed by atoms with Crippen molar-refractivity contribution >= 4 is 38.1 Å². The molecule has 0 spiro atoms. The van der Waals surface area contributed by atoms with E-state index in [2.05, 4.69) is 22.1 Å². The first kappa shape index (κ1) is 30.4. The summed E-state index contributed by atoms with van der Waals surface area (Å²) < 4.78 is 67.4. The second-order valence-corrected chi connectivity index (χ2v) is 14.3. The number of H-pyrrole nitrogens is 1. The van der Waals surface area contributed by atoms with E-state index in [-0.39, 0.29) is 26.1 Å². The third-order valence-corrected chi connectivity index (χ3v) is 10.4. The largest absolute Gasteiger partial charge is 0.395 e. The van der Waals surface area contributed by atoms with E-state index in [1.807, 2.05) is 12.1 Å². The molecule has 2 aromatic heterocycles. The highest BCUT2D eigenvalue weighted by Crippen LogP contribution is 2.38. The molecule has 3 aliphatic rings. The molecule has 13 heteroatoms. The number of benzene rings is 1. The van der Waals surface area contributed by atoms with E-state index in [9.17, 15) is 26.7 Å². The van der Waals surface area contributed by atoms with E-state index in [1.54, 1.807) is 4.68 Å². The van der Waals surface area contributed by atoms with E-state index in [0.29, 0.717) is 40.7 Å². The molecule has 4 heterocycles. The number of sulfonamides is 1. The fourth-order valence-corrected chi connectivity index (χ4v) is 7.57. The van der Waals surface area contributed by atoms with Gasteiger partial charge in [0.2, 0.25) is 10.0 Å². The number of hydrogen-bond acceptors (Lipinski definition) is 5. The van der Waals surface area contributed by atoms with Crippen molar-refractivity contribution < 1.29 is 26.7 Å². The molecule has 2 N–H and O–H groups in total. The maximum Gasteiger partial charge on any atom is 0.395 e. The molecule has 0 saturated carbocycles. The van der Waals surface area contributed by atoms with Gasteiger partial charge in [0, 0.05) is 59.4 Å². The Morgan fingerprint density at radius 2 is 1.95 bits per heavy atom. The average Bonchev–Trinajstić information content (AvgIpc) is 3.53. The van der Waals surface area contributed by atoms with Crippen molar-refractivity contribution in [2.75, 3.05) is 32.4 Å². The number of β-amino-alcohol motifs (C(OH)–C–C–N with tert-alkyl or cyclic N) is 1. The van der Waals surface area contributed by atoms with Crippen molar-refractivity contribution in [1.82, 2.24) is 24.0 Å². The summed E-state index contributed by atoms with van der Waals surface area (Å²) in [4.78, 5) is 5.57. The lowest BCUT2D eigenvalue weighted by molar-refractivity contribution is -0.160. The minimum Gasteiger partial charge on any atom is -0.390 e. The summed E-state index contributed by atoms with van der Waals surface area (Å²) in [5, 5.41) is 17.7. The van der Waals surface area contributed by atoms with Crippen LogP contribution in [-0.4, -0.2) is 82.2 Å². The molecule has 1 aliphatic carbocycles. The lowest BCUT2D eigenvalue weighted by atomic mass is 9.89. The van der Waals surface area contributed by atoms with Gasteiger partial charge in [0.15, 0.2) is 0 Å². The number of aromatic amines is 1. The molecule has 0 amide bonds. The standard InChI is InChI=1S/C30H35ClF3N5O3S/c1-43(41,42)38-13-10-28-26(18-38)29(20-2-4-21(5-3-20)30(32,33)34)36-39(28)17-23(40)16-37-11-8-19(9-12-37)25-15-35-27-14-22(31)6-7-24(25)27/h2-4,6-7,14-15,19,21,23,35,40H,5,8-13,16-18H2,1H3. The van der Waals surface area contributed by atoms with Crippen molar-refractivity contribution in [3.8, 4) is 0 Å². The zero-order valence-corrected chi connectivity index (χ0v) is 25.4. The van der Waals surface area contributed by atoms with Crippen LogP contribution in [0.2, 0.25) is 5.02 Å². The minimum absolute atomic E-state index is 0.0982. The van der Waals surface area contributed by atoms with Gasteiger partial charge in [-0.15, -0.1) is 0 Å². The predicted molar refractivity (Wildman–Crippen MR) is 160 cm³/mol. The van der Waals surface area contributed by atoms with Gasteiger partial charge in [0.1, 0.15) is 0 Å². The molecule has 1 aromatic carbocycles. The number of likely N-dealkylation sites (tertiary alicyclic amines) is 1. The summed E-state index contributed by atoms with van der Waals surface area (Å²) >= 11 is 6.14. The number of aliphatic hydroxyl groups is 1. The lowest BCUT2D eigenvalue weighted by Crippen LogP contribution is -2.40. The summed E-state index contributed by atoms with van der Waals surface area (Å²) in [7, 11) is -3.47. The summed E-state index contributed by atoms with van der Waals surface area (Å²) in [6.07, 6.45) is 4.40. The first-order valence-corrected chi connectivity index (χ1v) is 16.8. The number of piperidine rings is 1. The highest BCUT2D eigenvalue weighted by molar-refractivity contribution is 7.88. The first-order valence-electron chi connectivity index (χ1n) is 14.5. The Labute approximate surface area is 253 Å². The van der Waals surface area contributed by atoms with Crippen LogP contribution in [0.4, 0.5) is 13.2 Å². The quantitative estimate of drug-likeness (QED) is 0.376. The number of fused-ring (bicyclic) bond motifs is 2. The van der Waals surface area contributed by atoms with Crippen LogP contribution in [0.25, 0.3) is 16.5 Å². The van der Waals surface area contributed by atoms with Crippen molar-refractivity contribution in [3.05, 3.63) is 70.2 Å². The molecule has 8 nitrogen and oxygen atoms in total. The van der Waals surface area contributed by atoms with Gasteiger partial charge in [0.25, 0.3) is 0 Å². The third kappa shape index (κ3) is 6.44. The van der Waals surface area contributed by atoms with Crippen LogP contribution in [0.1, 0.15) is 47.7 Å². The maximum absolute atomic E-state index is 13.2. The second kappa shape index (κ2) is 11.7. The normalized spacial score (nSPS) is 21.7. The van der Waals surface area contributed by atoms with E-state index >= 15 is 0 Å². The maximum atomic E-state index is 13.2. The van der Waals surface area contributed by atoms with Gasteiger partial charge >= 0.3 is 6.18 Å². The van der Waals surface area contributed by atoms with Crippen molar-refractivity contribution in [1.29, 1.82) is 0 Å². The molecule has 1 fully saturated rings. The Bertz CT molecular complexity index is 1670. The smallest absolute Gasteiger partial charge is 0.390 e. The van der Waals surface area contributed by atoms with Gasteiger partial charge in [-0.2, -0.15) is 22.6 Å². The predicted octanol–water partition coefficient (Wildman–Crippen LogP) is 5.10. The number of aliphatic hydroxyl groups excluding tert-OH is 1. The highest BCUT2D eigenvalue weighted by atomic mass is 35.5. The fourth-order valence-electron chi connectivity index (χ4n) is 6.61. The van der Waals surface area contributed by atoms with Crippen LogP contribution in [0, 0.1) is 5.92 Å². The number of allylic oxidation sites excluding steroid dienone is 4. The topological polar surface area (TPSA) is 94.5 Å². The molecule has 0 bridgehead atoms. The van der Waals surface area contributed by atoms with Gasteiger partial charge in [-0.05, 0) is 61.5 Å². The molecular formula is C30H35ClF3N5O3S. The number of rotatable bonds is 7. The van der Waals surface area contributed by atoms with Crippen LogP contribution in [0.3, 0.4) is 0 Å². The molecule has 6 rings (SSSR count). The number of halogens is 4. The SMILES string of the molecule is CS(=O)(=O)N1CCc2c(c(C3=CCC(C(F)(F)F)C=C3)nn2CC(O)CN2CCC(c3c[nH]c4cc(Cl)ccc34)CC2)C1. The summed E-state index contributed by atoms with van der Waals surface area (Å²) in [5.41, 5.74) is 4.85. The van der Waals surface area contributed by atoms with Gasteiger partial charge < -0.3 is 15.0 Å². The lowest BCUT2D eigenvalue weighted by Gasteiger charge is -2.33. The first-order chi connectivity index (χ1) is 20.4. The van der Waals surface area contributed by atoms with Crippen molar-refractivity contribution in [2.24, 2.45) is 5.92 Å². The van der Waals surface area contributed by atoms with Crippen molar-refractivity contribution in [2.45, 2.75) is 57.0 Å². The van der Waals surface area contributed by atoms with Crippen LogP contribution in [0.15, 0.2) is 42.6 Å². The Kier molecular flexibility index (Phi) is 8.27. The number of alkyl halides is 3. The number of hydrogen-bond donors (Lipinski definition) is 2. The van der Waals surface area contributed by atoms with Gasteiger partial charge in [-0.3, -0.25) is 4.68 Å². The molecular weight excluding hydrogens is 603 g/mol. The molecule has 2 unspecified atom stereocenters. The van der Waals surface area contributed by atoms with Gasteiger partial charge in [-0.1, -0.05) is 35.9 Å². The Morgan fingerprint density at radius 1 is 1.19 bits per heavy atom. The van der Waals surface area contributed by atoms with Crippen LogP contribution >= 0.6 is 11.6 Å². The zero-order valence-electron chi connectivity index (χ0n) is 23.8. The Morgan fingerprint density at radius 3 is 2.63 bits per heavy atom. The third-order valence-electron chi connectivity index (χ3n) is 8.92. The van der Waals surface area contributed by atoms with E-state index < -0.39 is 28.2 Å². The van der Waals surface area contributed by atoms with E-state index in [4.69, 9.17) is 16.7 Å². The zero-order chi connectivity index (χ0) is 30.5. The summed E-state index contributed by atoms with van der Waals surface area (Å²) in [6.45, 7) is 2.74. The monoisotopic (exact) mass is 637 g/mol. The number of aromatic nitrogens is 3. The Balaban J connectivity index is 1.14. The molecule has 3 aromatic rings. The van der Waals surface area contributed by atoms with Crippen molar-refractivity contribution in [3.63, 3.8) is 0 Å². The number of nitrogens with zero attached hydrogens (tertiary/aromatic N) is 4. The second-order valence-electron chi connectivity index (χ2n) is 11.9. The van der Waals surface area contributed by atoms with Gasteiger partial charge in [0.05, 0.1) is 30.5 Å². The van der Waals surface area contributed by atoms with Crippen LogP contribution < -0.4 is 0 Å². The summed E-state index contributed by atoms with van der Waals surface area (Å²) in [5.74, 6) is -1.14. The molecule has 0 radical (unpaired) electrons. The molecule has 43 heavy (non-hydrogen) atoms. The molecule has 2 aliphatic heterocycles. The molecule has 2 atom stereocenters. The fraction of sp³-hybridized carbons (Fsp3) is 0.500. The average molecular weight is 638 g/mol. The minimum atomic E-state index is -4.33. The Hall–Kier alpha value is -2.64. The van der Waals surface area contributed by atoms with Crippen LogP contribution in [0.5, 0.6) is 0 Å². The van der Waals surface area contributed by atoms with Gasteiger partial charge in [-0.25, -0.2) is 8.42 Å².